The highest BCUT2D eigenvalue weighted by atomic mass is 35.5. The molecule has 1 saturated heterocycles. The zero-order chi connectivity index (χ0) is 27.1. The van der Waals surface area contributed by atoms with Gasteiger partial charge in [-0.05, 0) is 60.7 Å². The Morgan fingerprint density at radius 3 is 2.11 bits per heavy atom. The average molecular weight is 533 g/mol. The Kier molecular flexibility index (Phi) is 6.97. The SMILES string of the molecule is COC(=O)N1C[C@H](OC(C)(C)C)C[C@]1(C(=O)NCc1ccc(Cl)cc1)C1c2ccccc2-c2ccccc21. The third-order valence-corrected chi connectivity index (χ3v) is 7.64. The lowest BCUT2D eigenvalue weighted by molar-refractivity contribution is -0.132. The van der Waals surface area contributed by atoms with Gasteiger partial charge in [0.25, 0.3) is 0 Å². The topological polar surface area (TPSA) is 67.9 Å². The average Bonchev–Trinajstić information content (AvgIpc) is 3.43. The van der Waals surface area contributed by atoms with Crippen LogP contribution in [0.5, 0.6) is 0 Å². The van der Waals surface area contributed by atoms with Crippen molar-refractivity contribution in [3.05, 3.63) is 94.5 Å². The van der Waals surface area contributed by atoms with Crippen LogP contribution in [0.15, 0.2) is 72.8 Å². The van der Waals surface area contributed by atoms with E-state index in [0.29, 0.717) is 18.0 Å². The first-order chi connectivity index (χ1) is 18.1. The number of halogens is 1. The molecule has 6 nitrogen and oxygen atoms in total. The van der Waals surface area contributed by atoms with Crippen LogP contribution in [0.2, 0.25) is 5.02 Å². The molecule has 0 spiro atoms. The fraction of sp³-hybridized carbons (Fsp3) is 0.355. The van der Waals surface area contributed by atoms with E-state index in [1.54, 1.807) is 17.0 Å². The summed E-state index contributed by atoms with van der Waals surface area (Å²) in [4.78, 5) is 29.5. The van der Waals surface area contributed by atoms with E-state index >= 15 is 0 Å². The van der Waals surface area contributed by atoms with Crippen molar-refractivity contribution in [2.45, 2.75) is 56.9 Å². The van der Waals surface area contributed by atoms with Gasteiger partial charge >= 0.3 is 6.09 Å². The van der Waals surface area contributed by atoms with Gasteiger partial charge in [-0.15, -0.1) is 0 Å². The standard InChI is InChI=1S/C31H33ClN2O4/c1-30(2,3)38-22-17-31(34(19-22)29(36)37-4,28(35)33-18-20-13-15-21(32)16-14-20)27-25-11-7-5-9-23(25)24-10-6-8-12-26(24)27/h5-16,22,27H,17-19H2,1-4H3,(H,33,35)/t22-,31-/m1/s1. The van der Waals surface area contributed by atoms with Crippen molar-refractivity contribution in [3.8, 4) is 11.1 Å². The molecule has 198 valence electrons. The van der Waals surface area contributed by atoms with Gasteiger partial charge in [-0.2, -0.15) is 0 Å². The molecule has 1 fully saturated rings. The van der Waals surface area contributed by atoms with Crippen molar-refractivity contribution in [1.29, 1.82) is 0 Å². The molecule has 38 heavy (non-hydrogen) atoms. The molecular formula is C31H33ClN2O4. The predicted molar refractivity (Wildman–Crippen MR) is 148 cm³/mol. The quantitative estimate of drug-likeness (QED) is 0.427. The zero-order valence-electron chi connectivity index (χ0n) is 22.2. The molecule has 1 heterocycles. The van der Waals surface area contributed by atoms with Crippen LogP contribution in [0, 0.1) is 0 Å². The van der Waals surface area contributed by atoms with E-state index in [-0.39, 0.29) is 18.6 Å². The number of rotatable bonds is 5. The summed E-state index contributed by atoms with van der Waals surface area (Å²) in [6, 6.07) is 23.6. The first-order valence-corrected chi connectivity index (χ1v) is 13.3. The Hall–Kier alpha value is -3.35. The molecule has 0 aromatic heterocycles. The predicted octanol–water partition coefficient (Wildman–Crippen LogP) is 6.16. The third kappa shape index (κ3) is 4.67. The number of hydrogen-bond acceptors (Lipinski definition) is 4. The highest BCUT2D eigenvalue weighted by Gasteiger charge is 2.61. The fourth-order valence-corrected chi connectivity index (χ4v) is 6.17. The first kappa shape index (κ1) is 26.3. The maximum absolute atomic E-state index is 14.5. The normalized spacial score (nSPS) is 20.7. The molecule has 2 aliphatic rings. The molecule has 2 atom stereocenters. The molecule has 0 unspecified atom stereocenters. The van der Waals surface area contributed by atoms with Gasteiger partial charge in [-0.25, -0.2) is 4.79 Å². The van der Waals surface area contributed by atoms with Crippen LogP contribution in [0.4, 0.5) is 4.79 Å². The van der Waals surface area contributed by atoms with Crippen molar-refractivity contribution in [2.75, 3.05) is 13.7 Å². The van der Waals surface area contributed by atoms with Crippen LogP contribution in [0.1, 0.15) is 49.8 Å². The summed E-state index contributed by atoms with van der Waals surface area (Å²) in [6.45, 7) is 6.50. The van der Waals surface area contributed by atoms with Crippen LogP contribution in [0.3, 0.4) is 0 Å². The number of fused-ring (bicyclic) bond motifs is 3. The molecule has 3 aromatic carbocycles. The van der Waals surface area contributed by atoms with Crippen LogP contribution >= 0.6 is 11.6 Å². The highest BCUT2D eigenvalue weighted by Crippen LogP contribution is 2.55. The molecule has 7 heteroatoms. The minimum atomic E-state index is -1.27. The number of benzene rings is 3. The van der Waals surface area contributed by atoms with Gasteiger partial charge in [0.1, 0.15) is 5.54 Å². The molecule has 1 aliphatic carbocycles. The summed E-state index contributed by atoms with van der Waals surface area (Å²) in [6.07, 6.45) is -0.567. The Labute approximate surface area is 228 Å². The summed E-state index contributed by atoms with van der Waals surface area (Å²) in [5.41, 5.74) is 3.37. The van der Waals surface area contributed by atoms with E-state index in [9.17, 15) is 9.59 Å². The lowest BCUT2D eigenvalue weighted by atomic mass is 9.74. The second kappa shape index (κ2) is 10.1. The van der Waals surface area contributed by atoms with Crippen molar-refractivity contribution < 1.29 is 19.1 Å². The number of ether oxygens (including phenoxy) is 2. The smallest absolute Gasteiger partial charge is 0.410 e. The van der Waals surface area contributed by atoms with Gasteiger partial charge in [0.05, 0.1) is 25.4 Å². The monoisotopic (exact) mass is 532 g/mol. The van der Waals surface area contributed by atoms with Crippen molar-refractivity contribution in [2.24, 2.45) is 0 Å². The lowest BCUT2D eigenvalue weighted by Gasteiger charge is -2.41. The third-order valence-electron chi connectivity index (χ3n) is 7.39. The molecule has 3 aromatic rings. The second-order valence-electron chi connectivity index (χ2n) is 11.0. The first-order valence-electron chi connectivity index (χ1n) is 12.9. The summed E-state index contributed by atoms with van der Waals surface area (Å²) in [5, 5.41) is 3.78. The van der Waals surface area contributed by atoms with E-state index in [1.807, 2.05) is 57.2 Å². The second-order valence-corrected chi connectivity index (χ2v) is 11.4. The van der Waals surface area contributed by atoms with E-state index in [1.165, 1.54) is 7.11 Å². The Morgan fingerprint density at radius 2 is 1.55 bits per heavy atom. The molecule has 0 radical (unpaired) electrons. The van der Waals surface area contributed by atoms with E-state index < -0.39 is 23.2 Å². The van der Waals surface area contributed by atoms with E-state index in [0.717, 1.165) is 27.8 Å². The lowest BCUT2D eigenvalue weighted by Crippen LogP contribution is -2.60. The largest absolute Gasteiger partial charge is 0.453 e. The number of methoxy groups -OCH3 is 1. The molecule has 0 saturated carbocycles. The number of amides is 2. The summed E-state index contributed by atoms with van der Waals surface area (Å²) >= 11 is 6.06. The minimum Gasteiger partial charge on any atom is -0.453 e. The molecule has 5 rings (SSSR count). The van der Waals surface area contributed by atoms with Crippen LogP contribution in [-0.4, -0.2) is 47.8 Å². The summed E-state index contributed by atoms with van der Waals surface area (Å²) in [5.74, 6) is -0.637. The van der Waals surface area contributed by atoms with Gasteiger partial charge in [0, 0.05) is 23.9 Å². The Bertz CT molecular complexity index is 1300. The van der Waals surface area contributed by atoms with Crippen molar-refractivity contribution in [3.63, 3.8) is 0 Å². The van der Waals surface area contributed by atoms with Gasteiger partial charge < -0.3 is 14.8 Å². The maximum atomic E-state index is 14.5. The zero-order valence-corrected chi connectivity index (χ0v) is 22.9. The van der Waals surface area contributed by atoms with Gasteiger partial charge in [0.2, 0.25) is 5.91 Å². The number of hydrogen-bond donors (Lipinski definition) is 1. The van der Waals surface area contributed by atoms with E-state index in [4.69, 9.17) is 21.1 Å². The van der Waals surface area contributed by atoms with Crippen LogP contribution in [-0.2, 0) is 20.8 Å². The molecule has 2 amide bonds. The van der Waals surface area contributed by atoms with Gasteiger partial charge in [-0.3, -0.25) is 9.69 Å². The molecule has 1 N–H and O–H groups in total. The molecule has 1 aliphatic heterocycles. The Balaban J connectivity index is 1.64. The fourth-order valence-electron chi connectivity index (χ4n) is 6.04. The van der Waals surface area contributed by atoms with Crippen LogP contribution < -0.4 is 5.32 Å². The minimum absolute atomic E-state index is 0.241. The van der Waals surface area contributed by atoms with Gasteiger partial charge in [-0.1, -0.05) is 72.3 Å². The number of carbonyl (C=O) groups excluding carboxylic acids is 2. The van der Waals surface area contributed by atoms with Crippen molar-refractivity contribution >= 4 is 23.6 Å². The summed E-state index contributed by atoms with van der Waals surface area (Å²) < 4.78 is 11.7. The number of nitrogens with zero attached hydrogens (tertiary/aromatic N) is 1. The van der Waals surface area contributed by atoms with Crippen molar-refractivity contribution in [1.82, 2.24) is 10.2 Å². The summed E-state index contributed by atoms with van der Waals surface area (Å²) in [7, 11) is 1.35. The number of carbonyl (C=O) groups is 2. The van der Waals surface area contributed by atoms with Crippen LogP contribution in [0.25, 0.3) is 11.1 Å². The number of nitrogens with one attached hydrogen (secondary N) is 1. The van der Waals surface area contributed by atoms with E-state index in [2.05, 4.69) is 29.6 Å². The number of likely N-dealkylation sites (tertiary alicyclic amines) is 1. The highest BCUT2D eigenvalue weighted by molar-refractivity contribution is 6.30. The van der Waals surface area contributed by atoms with Gasteiger partial charge in [0.15, 0.2) is 0 Å². The maximum Gasteiger partial charge on any atom is 0.410 e. The Morgan fingerprint density at radius 1 is 0.974 bits per heavy atom. The molecular weight excluding hydrogens is 500 g/mol. The molecule has 0 bridgehead atoms.